The Bertz CT molecular complexity index is 733. The number of likely N-dealkylation sites (tertiary alicyclic amines) is 1. The molecule has 0 aliphatic carbocycles. The van der Waals surface area contributed by atoms with Gasteiger partial charge < -0.3 is 4.90 Å². The van der Waals surface area contributed by atoms with Crippen molar-refractivity contribution in [2.75, 3.05) is 13.1 Å². The number of fused-ring (bicyclic) bond motifs is 1. The summed E-state index contributed by atoms with van der Waals surface area (Å²) in [6, 6.07) is 1.91. The maximum Gasteiger partial charge on any atom is 0.254 e. The molecule has 1 fully saturated rings. The lowest BCUT2D eigenvalue weighted by atomic mass is 10.1. The number of pyridine rings is 1. The van der Waals surface area contributed by atoms with Crippen molar-refractivity contribution in [1.82, 2.24) is 19.7 Å². The summed E-state index contributed by atoms with van der Waals surface area (Å²) in [7, 11) is 0. The number of carbonyl (C=O) groups excluding carboxylic acids is 1. The summed E-state index contributed by atoms with van der Waals surface area (Å²) in [5, 5.41) is 5.56. The van der Waals surface area contributed by atoms with Gasteiger partial charge in [-0.15, -0.1) is 0 Å². The van der Waals surface area contributed by atoms with Crippen molar-refractivity contribution < 1.29 is 4.79 Å². The number of carbonyl (C=O) groups is 1. The van der Waals surface area contributed by atoms with Crippen LogP contribution in [0.5, 0.6) is 0 Å². The molecule has 2 aromatic heterocycles. The first-order valence-electron chi connectivity index (χ1n) is 7.96. The molecule has 3 heterocycles. The van der Waals surface area contributed by atoms with Crippen LogP contribution in [0.3, 0.4) is 0 Å². The van der Waals surface area contributed by atoms with Crippen LogP contribution in [0, 0.1) is 13.8 Å². The summed E-state index contributed by atoms with van der Waals surface area (Å²) in [6.45, 7) is 11.9. The van der Waals surface area contributed by atoms with Crippen LogP contribution in [0.2, 0.25) is 0 Å². The number of aryl methyl sites for hydroxylation is 2. The van der Waals surface area contributed by atoms with Crippen LogP contribution in [0.4, 0.5) is 0 Å². The topological polar surface area (TPSA) is 51.0 Å². The van der Waals surface area contributed by atoms with Gasteiger partial charge in [0.05, 0.1) is 22.2 Å². The van der Waals surface area contributed by atoms with Gasteiger partial charge in [-0.1, -0.05) is 0 Å². The molecule has 0 radical (unpaired) electrons. The Morgan fingerprint density at radius 1 is 1.18 bits per heavy atom. The van der Waals surface area contributed by atoms with Crippen molar-refractivity contribution in [3.8, 4) is 0 Å². The number of aromatic nitrogens is 3. The van der Waals surface area contributed by atoms with Gasteiger partial charge in [0.15, 0.2) is 5.65 Å². The van der Waals surface area contributed by atoms with Crippen LogP contribution < -0.4 is 0 Å². The first kappa shape index (κ1) is 15.0. The van der Waals surface area contributed by atoms with E-state index in [1.807, 2.05) is 29.5 Å². The lowest BCUT2D eigenvalue weighted by Gasteiger charge is -2.20. The highest BCUT2D eigenvalue weighted by Gasteiger charge is 2.27. The van der Waals surface area contributed by atoms with Gasteiger partial charge in [-0.2, -0.15) is 5.10 Å². The van der Waals surface area contributed by atoms with E-state index < -0.39 is 0 Å². The smallest absolute Gasteiger partial charge is 0.254 e. The van der Waals surface area contributed by atoms with Gasteiger partial charge in [0.25, 0.3) is 5.91 Å². The van der Waals surface area contributed by atoms with Crippen molar-refractivity contribution in [2.45, 2.75) is 53.0 Å². The molecule has 0 unspecified atom stereocenters. The molecule has 1 saturated heterocycles. The van der Waals surface area contributed by atoms with E-state index in [-0.39, 0.29) is 11.4 Å². The standard InChI is InChI=1S/C17H24N4O/c1-11-10-13(16(22)20-8-6-7-9-20)14-12(2)19-21(15(14)18-11)17(3,4)5/h10H,6-9H2,1-5H3. The molecule has 5 nitrogen and oxygen atoms in total. The molecule has 3 rings (SSSR count). The number of hydrogen-bond acceptors (Lipinski definition) is 3. The van der Waals surface area contributed by atoms with E-state index in [1.165, 1.54) is 0 Å². The fourth-order valence-corrected chi connectivity index (χ4v) is 3.14. The zero-order valence-corrected chi connectivity index (χ0v) is 14.1. The quantitative estimate of drug-likeness (QED) is 0.813. The van der Waals surface area contributed by atoms with Gasteiger partial charge in [-0.25, -0.2) is 9.67 Å². The van der Waals surface area contributed by atoms with E-state index in [9.17, 15) is 4.79 Å². The molecule has 0 bridgehead atoms. The third-order valence-electron chi connectivity index (χ3n) is 4.20. The Hall–Kier alpha value is -1.91. The average molecular weight is 300 g/mol. The van der Waals surface area contributed by atoms with Crippen molar-refractivity contribution in [2.24, 2.45) is 0 Å². The highest BCUT2D eigenvalue weighted by molar-refractivity contribution is 6.06. The van der Waals surface area contributed by atoms with E-state index in [0.29, 0.717) is 0 Å². The fourth-order valence-electron chi connectivity index (χ4n) is 3.14. The third kappa shape index (κ3) is 2.38. The van der Waals surface area contributed by atoms with Crippen molar-refractivity contribution in [3.05, 3.63) is 23.0 Å². The monoisotopic (exact) mass is 300 g/mol. The Balaban J connectivity index is 2.22. The number of rotatable bonds is 1. The Kier molecular flexibility index (Phi) is 3.46. The van der Waals surface area contributed by atoms with Crippen LogP contribution >= 0.6 is 0 Å². The number of hydrogen-bond donors (Lipinski definition) is 0. The molecular weight excluding hydrogens is 276 g/mol. The molecule has 1 aliphatic heterocycles. The molecule has 118 valence electrons. The predicted octanol–water partition coefficient (Wildman–Crippen LogP) is 3.04. The van der Waals surface area contributed by atoms with Gasteiger partial charge in [-0.3, -0.25) is 4.79 Å². The van der Waals surface area contributed by atoms with E-state index in [2.05, 4.69) is 30.9 Å². The lowest BCUT2D eigenvalue weighted by Crippen LogP contribution is -2.28. The molecule has 0 atom stereocenters. The molecule has 0 saturated carbocycles. The fraction of sp³-hybridized carbons (Fsp3) is 0.588. The largest absolute Gasteiger partial charge is 0.339 e. The number of nitrogens with zero attached hydrogens (tertiary/aromatic N) is 4. The number of amides is 1. The molecule has 0 spiro atoms. The van der Waals surface area contributed by atoms with Gasteiger partial charge in [-0.05, 0) is 53.5 Å². The summed E-state index contributed by atoms with van der Waals surface area (Å²) < 4.78 is 1.94. The Labute approximate surface area is 131 Å². The van der Waals surface area contributed by atoms with E-state index in [4.69, 9.17) is 0 Å². The molecule has 0 aromatic carbocycles. The minimum absolute atomic E-state index is 0.115. The SMILES string of the molecule is Cc1cc(C(=O)N2CCCC2)c2c(C)nn(C(C)(C)C)c2n1. The highest BCUT2D eigenvalue weighted by Crippen LogP contribution is 2.28. The van der Waals surface area contributed by atoms with Crippen LogP contribution in [0.1, 0.15) is 55.4 Å². The van der Waals surface area contributed by atoms with Crippen LogP contribution in [-0.4, -0.2) is 38.7 Å². The van der Waals surface area contributed by atoms with Crippen LogP contribution in [0.15, 0.2) is 6.07 Å². The third-order valence-corrected chi connectivity index (χ3v) is 4.20. The summed E-state index contributed by atoms with van der Waals surface area (Å²) >= 11 is 0. The summed E-state index contributed by atoms with van der Waals surface area (Å²) in [5.41, 5.74) is 3.13. The van der Waals surface area contributed by atoms with E-state index in [0.717, 1.165) is 53.9 Å². The zero-order chi connectivity index (χ0) is 16.1. The molecule has 1 aliphatic rings. The summed E-state index contributed by atoms with van der Waals surface area (Å²) in [4.78, 5) is 19.5. The first-order valence-corrected chi connectivity index (χ1v) is 7.96. The maximum atomic E-state index is 12.9. The zero-order valence-electron chi connectivity index (χ0n) is 14.1. The second kappa shape index (κ2) is 5.07. The van der Waals surface area contributed by atoms with Crippen molar-refractivity contribution in [3.63, 3.8) is 0 Å². The van der Waals surface area contributed by atoms with Crippen molar-refractivity contribution >= 4 is 16.9 Å². The lowest BCUT2D eigenvalue weighted by molar-refractivity contribution is 0.0794. The average Bonchev–Trinajstić information content (AvgIpc) is 3.04. The van der Waals surface area contributed by atoms with Gasteiger partial charge >= 0.3 is 0 Å². The Morgan fingerprint density at radius 2 is 1.82 bits per heavy atom. The van der Waals surface area contributed by atoms with Gasteiger partial charge in [0.1, 0.15) is 0 Å². The molecule has 0 N–H and O–H groups in total. The Morgan fingerprint density at radius 3 is 2.41 bits per heavy atom. The molecule has 5 heteroatoms. The van der Waals surface area contributed by atoms with Crippen molar-refractivity contribution in [1.29, 1.82) is 0 Å². The molecule has 2 aromatic rings. The minimum atomic E-state index is -0.165. The first-order chi connectivity index (χ1) is 10.3. The van der Waals surface area contributed by atoms with E-state index >= 15 is 0 Å². The summed E-state index contributed by atoms with van der Waals surface area (Å²) in [6.07, 6.45) is 2.19. The van der Waals surface area contributed by atoms with Crippen LogP contribution in [-0.2, 0) is 5.54 Å². The van der Waals surface area contributed by atoms with E-state index in [1.54, 1.807) is 0 Å². The molecule has 1 amide bonds. The van der Waals surface area contributed by atoms with Crippen LogP contribution in [0.25, 0.3) is 11.0 Å². The normalized spacial score (nSPS) is 15.8. The van der Waals surface area contributed by atoms with Gasteiger partial charge in [0, 0.05) is 18.8 Å². The molecule has 22 heavy (non-hydrogen) atoms. The maximum absolute atomic E-state index is 12.9. The van der Waals surface area contributed by atoms with Gasteiger partial charge in [0.2, 0.25) is 0 Å². The highest BCUT2D eigenvalue weighted by atomic mass is 16.2. The minimum Gasteiger partial charge on any atom is -0.339 e. The second-order valence-electron chi connectivity index (χ2n) is 7.18. The predicted molar refractivity (Wildman–Crippen MR) is 87.1 cm³/mol. The second-order valence-corrected chi connectivity index (χ2v) is 7.18. The summed E-state index contributed by atoms with van der Waals surface area (Å²) in [5.74, 6) is 0.115. The molecular formula is C17H24N4O.